The van der Waals surface area contributed by atoms with E-state index in [0.717, 1.165) is 16.9 Å². The molecule has 0 unspecified atom stereocenters. The summed E-state index contributed by atoms with van der Waals surface area (Å²) in [4.78, 5) is 27.3. The van der Waals surface area contributed by atoms with Crippen molar-refractivity contribution in [2.45, 2.75) is 6.92 Å². The molecule has 4 rings (SSSR count). The van der Waals surface area contributed by atoms with E-state index in [1.54, 1.807) is 30.9 Å². The van der Waals surface area contributed by atoms with Gasteiger partial charge in [0.25, 0.3) is 5.91 Å². The molecule has 0 saturated carbocycles. The van der Waals surface area contributed by atoms with Crippen LogP contribution in [0.4, 0.5) is 23.0 Å². The Bertz CT molecular complexity index is 1040. The summed E-state index contributed by atoms with van der Waals surface area (Å²) in [6.45, 7) is 1.99. The second kappa shape index (κ2) is 8.31. The lowest BCUT2D eigenvalue weighted by molar-refractivity contribution is 0.102. The highest BCUT2D eigenvalue weighted by molar-refractivity contribution is 6.04. The van der Waals surface area contributed by atoms with Crippen molar-refractivity contribution in [1.29, 1.82) is 0 Å². The first-order valence-electron chi connectivity index (χ1n) is 9.16. The summed E-state index contributed by atoms with van der Waals surface area (Å²) in [7, 11) is 0. The molecule has 0 radical (unpaired) electrons. The van der Waals surface area contributed by atoms with Crippen LogP contribution in [-0.4, -0.2) is 20.9 Å². The Kier molecular flexibility index (Phi) is 5.25. The highest BCUT2D eigenvalue weighted by Crippen LogP contribution is 2.31. The number of aromatic nitrogens is 3. The molecule has 0 atom stereocenters. The molecule has 2 aromatic heterocycles. The number of benzene rings is 2. The standard InChI is InChI=1S/C23H19N5O/c1-17-5-7-18(8-6-17)22(29)27-19-9-11-20(12-10-19)28(21-4-2-13-24-16-21)23-25-14-3-15-26-23/h2-16H,1H3,(H,27,29). The van der Waals surface area contributed by atoms with Gasteiger partial charge in [0, 0.05) is 35.5 Å². The van der Waals surface area contributed by atoms with Crippen LogP contribution in [0.3, 0.4) is 0 Å². The van der Waals surface area contributed by atoms with Crippen molar-refractivity contribution in [1.82, 2.24) is 15.0 Å². The van der Waals surface area contributed by atoms with Crippen LogP contribution >= 0.6 is 0 Å². The van der Waals surface area contributed by atoms with Crippen molar-refractivity contribution in [3.05, 3.63) is 103 Å². The first-order valence-corrected chi connectivity index (χ1v) is 9.16. The quantitative estimate of drug-likeness (QED) is 0.532. The number of pyridine rings is 1. The molecule has 0 aliphatic rings. The number of nitrogens with one attached hydrogen (secondary N) is 1. The number of amides is 1. The third-order valence-electron chi connectivity index (χ3n) is 4.35. The van der Waals surface area contributed by atoms with E-state index >= 15 is 0 Å². The van der Waals surface area contributed by atoms with Crippen LogP contribution in [0.2, 0.25) is 0 Å². The van der Waals surface area contributed by atoms with Gasteiger partial charge >= 0.3 is 0 Å². The molecule has 29 heavy (non-hydrogen) atoms. The van der Waals surface area contributed by atoms with Gasteiger partial charge in [0.05, 0.1) is 11.9 Å². The van der Waals surface area contributed by atoms with Gasteiger partial charge in [-0.2, -0.15) is 0 Å². The third-order valence-corrected chi connectivity index (χ3v) is 4.35. The number of nitrogens with zero attached hydrogens (tertiary/aromatic N) is 4. The second-order valence-electron chi connectivity index (χ2n) is 6.46. The minimum atomic E-state index is -0.145. The largest absolute Gasteiger partial charge is 0.322 e. The summed E-state index contributed by atoms with van der Waals surface area (Å²) in [5, 5.41) is 2.92. The summed E-state index contributed by atoms with van der Waals surface area (Å²) >= 11 is 0. The maximum atomic E-state index is 12.4. The maximum absolute atomic E-state index is 12.4. The SMILES string of the molecule is Cc1ccc(C(=O)Nc2ccc(N(c3cccnc3)c3ncccn3)cc2)cc1. The molecule has 6 nitrogen and oxygen atoms in total. The predicted octanol–water partition coefficient (Wildman–Crippen LogP) is 4.90. The van der Waals surface area contributed by atoms with Crippen molar-refractivity contribution in [3.8, 4) is 0 Å². The van der Waals surface area contributed by atoms with E-state index in [4.69, 9.17) is 0 Å². The molecule has 2 aromatic carbocycles. The predicted molar refractivity (Wildman–Crippen MR) is 114 cm³/mol. The number of anilines is 4. The Labute approximate surface area is 168 Å². The lowest BCUT2D eigenvalue weighted by Crippen LogP contribution is -2.14. The molecule has 4 aromatic rings. The molecule has 0 aliphatic carbocycles. The van der Waals surface area contributed by atoms with E-state index in [0.29, 0.717) is 17.2 Å². The van der Waals surface area contributed by atoms with Gasteiger partial charge in [-0.3, -0.25) is 14.7 Å². The number of hydrogen-bond acceptors (Lipinski definition) is 5. The Hall–Kier alpha value is -4.06. The molecule has 1 N–H and O–H groups in total. The molecule has 1 amide bonds. The number of hydrogen-bond donors (Lipinski definition) is 1. The van der Waals surface area contributed by atoms with Crippen molar-refractivity contribution in [2.24, 2.45) is 0 Å². The average molecular weight is 381 g/mol. The summed E-state index contributed by atoms with van der Waals surface area (Å²) < 4.78 is 0. The summed E-state index contributed by atoms with van der Waals surface area (Å²) in [5.74, 6) is 0.394. The van der Waals surface area contributed by atoms with E-state index in [9.17, 15) is 4.79 Å². The van der Waals surface area contributed by atoms with E-state index in [1.165, 1.54) is 0 Å². The molecular weight excluding hydrogens is 362 g/mol. The van der Waals surface area contributed by atoms with Gasteiger partial charge in [0.15, 0.2) is 0 Å². The molecule has 0 fully saturated rings. The molecular formula is C23H19N5O. The lowest BCUT2D eigenvalue weighted by atomic mass is 10.1. The number of rotatable bonds is 5. The zero-order chi connectivity index (χ0) is 20.1. The minimum Gasteiger partial charge on any atom is -0.322 e. The van der Waals surface area contributed by atoms with Crippen LogP contribution in [0.1, 0.15) is 15.9 Å². The van der Waals surface area contributed by atoms with Gasteiger partial charge in [-0.25, -0.2) is 9.97 Å². The van der Waals surface area contributed by atoms with E-state index in [2.05, 4.69) is 20.3 Å². The van der Waals surface area contributed by atoms with Crippen molar-refractivity contribution < 1.29 is 4.79 Å². The van der Waals surface area contributed by atoms with E-state index < -0.39 is 0 Å². The fraction of sp³-hybridized carbons (Fsp3) is 0.0435. The zero-order valence-electron chi connectivity index (χ0n) is 15.9. The Morgan fingerprint density at radius 3 is 2.21 bits per heavy atom. The number of aryl methyl sites for hydroxylation is 1. The van der Waals surface area contributed by atoms with Crippen molar-refractivity contribution in [2.75, 3.05) is 10.2 Å². The highest BCUT2D eigenvalue weighted by atomic mass is 16.1. The number of carbonyl (C=O) groups excluding carboxylic acids is 1. The average Bonchev–Trinajstić information content (AvgIpc) is 2.77. The molecule has 0 bridgehead atoms. The fourth-order valence-electron chi connectivity index (χ4n) is 2.87. The van der Waals surface area contributed by atoms with Gasteiger partial charge < -0.3 is 5.32 Å². The van der Waals surface area contributed by atoms with Crippen LogP contribution in [0.15, 0.2) is 91.5 Å². The molecule has 2 heterocycles. The van der Waals surface area contributed by atoms with Crippen LogP contribution < -0.4 is 10.2 Å². The second-order valence-corrected chi connectivity index (χ2v) is 6.46. The van der Waals surface area contributed by atoms with E-state index in [1.807, 2.05) is 72.5 Å². The topological polar surface area (TPSA) is 71.0 Å². The Morgan fingerprint density at radius 2 is 1.55 bits per heavy atom. The summed E-state index contributed by atoms with van der Waals surface area (Å²) in [5.41, 5.74) is 4.14. The molecule has 142 valence electrons. The van der Waals surface area contributed by atoms with Crippen LogP contribution in [0.25, 0.3) is 0 Å². The van der Waals surface area contributed by atoms with Gasteiger partial charge in [0.2, 0.25) is 5.95 Å². The van der Waals surface area contributed by atoms with Crippen molar-refractivity contribution >= 4 is 28.9 Å². The molecule has 0 spiro atoms. The van der Waals surface area contributed by atoms with E-state index in [-0.39, 0.29) is 5.91 Å². The van der Waals surface area contributed by atoms with Crippen LogP contribution in [0, 0.1) is 6.92 Å². The minimum absolute atomic E-state index is 0.145. The van der Waals surface area contributed by atoms with Gasteiger partial charge in [-0.05, 0) is 61.5 Å². The third kappa shape index (κ3) is 4.27. The fourth-order valence-corrected chi connectivity index (χ4v) is 2.87. The summed E-state index contributed by atoms with van der Waals surface area (Å²) in [6.07, 6.45) is 6.87. The first-order chi connectivity index (χ1) is 14.2. The van der Waals surface area contributed by atoms with Gasteiger partial charge in [-0.1, -0.05) is 17.7 Å². The Balaban J connectivity index is 1.59. The van der Waals surface area contributed by atoms with Gasteiger partial charge in [0.1, 0.15) is 0 Å². The highest BCUT2D eigenvalue weighted by Gasteiger charge is 2.15. The van der Waals surface area contributed by atoms with Crippen LogP contribution in [0.5, 0.6) is 0 Å². The van der Waals surface area contributed by atoms with Crippen LogP contribution in [-0.2, 0) is 0 Å². The number of carbonyl (C=O) groups is 1. The maximum Gasteiger partial charge on any atom is 0.255 e. The Morgan fingerprint density at radius 1 is 0.828 bits per heavy atom. The first kappa shape index (κ1) is 18.3. The zero-order valence-corrected chi connectivity index (χ0v) is 15.9. The lowest BCUT2D eigenvalue weighted by Gasteiger charge is -2.22. The molecule has 6 heteroatoms. The normalized spacial score (nSPS) is 10.4. The molecule has 0 saturated heterocycles. The summed E-state index contributed by atoms with van der Waals surface area (Å²) in [6, 6.07) is 20.6. The monoisotopic (exact) mass is 381 g/mol. The van der Waals surface area contributed by atoms with Crippen molar-refractivity contribution in [3.63, 3.8) is 0 Å². The smallest absolute Gasteiger partial charge is 0.255 e. The molecule has 0 aliphatic heterocycles. The van der Waals surface area contributed by atoms with Gasteiger partial charge in [-0.15, -0.1) is 0 Å².